The summed E-state index contributed by atoms with van der Waals surface area (Å²) in [5.74, 6) is -0.252. The van der Waals surface area contributed by atoms with Gasteiger partial charge in [-0.2, -0.15) is 0 Å². The van der Waals surface area contributed by atoms with Gasteiger partial charge >= 0.3 is 0 Å². The van der Waals surface area contributed by atoms with Crippen molar-refractivity contribution in [2.24, 2.45) is 0 Å². The fourth-order valence-electron chi connectivity index (χ4n) is 3.90. The second-order valence-electron chi connectivity index (χ2n) is 7.55. The predicted octanol–water partition coefficient (Wildman–Crippen LogP) is 5.58. The first-order valence-electron chi connectivity index (χ1n) is 10.2. The normalized spacial score (nSPS) is 21.5. The third kappa shape index (κ3) is 4.98. The SMILES string of the molecule is Fc1ccc(C2(OCc3ccccc3)CCNCC2OCc2ccc(Br)cc2)cc1. The Kier molecular flexibility index (Phi) is 6.95. The average molecular weight is 470 g/mol. The molecule has 0 aliphatic carbocycles. The lowest BCUT2D eigenvalue weighted by Crippen LogP contribution is -2.54. The van der Waals surface area contributed by atoms with Crippen molar-refractivity contribution >= 4 is 15.9 Å². The Morgan fingerprint density at radius 1 is 0.900 bits per heavy atom. The summed E-state index contributed by atoms with van der Waals surface area (Å²) >= 11 is 3.47. The fraction of sp³-hybridized carbons (Fsp3) is 0.280. The summed E-state index contributed by atoms with van der Waals surface area (Å²) in [4.78, 5) is 0. The number of nitrogens with one attached hydrogen (secondary N) is 1. The molecule has 1 aliphatic heterocycles. The van der Waals surface area contributed by atoms with Crippen LogP contribution in [0.2, 0.25) is 0 Å². The zero-order chi connectivity index (χ0) is 20.8. The average Bonchev–Trinajstić information content (AvgIpc) is 2.79. The van der Waals surface area contributed by atoms with Crippen molar-refractivity contribution in [3.8, 4) is 0 Å². The number of benzene rings is 3. The maximum absolute atomic E-state index is 13.6. The Morgan fingerprint density at radius 3 is 2.33 bits per heavy atom. The molecule has 0 spiro atoms. The van der Waals surface area contributed by atoms with E-state index >= 15 is 0 Å². The highest BCUT2D eigenvalue weighted by Gasteiger charge is 2.44. The minimum Gasteiger partial charge on any atom is -0.369 e. The summed E-state index contributed by atoms with van der Waals surface area (Å²) in [5.41, 5.74) is 2.50. The zero-order valence-electron chi connectivity index (χ0n) is 16.7. The van der Waals surface area contributed by atoms with Gasteiger partial charge in [-0.25, -0.2) is 4.39 Å². The number of ether oxygens (including phenoxy) is 2. The second-order valence-corrected chi connectivity index (χ2v) is 8.47. The molecule has 1 fully saturated rings. The van der Waals surface area contributed by atoms with Crippen LogP contribution < -0.4 is 5.32 Å². The molecule has 3 aromatic carbocycles. The lowest BCUT2D eigenvalue weighted by Gasteiger charge is -2.44. The van der Waals surface area contributed by atoms with Crippen LogP contribution in [-0.2, 0) is 28.3 Å². The number of piperidine rings is 1. The van der Waals surface area contributed by atoms with Gasteiger partial charge in [0, 0.05) is 11.0 Å². The van der Waals surface area contributed by atoms with E-state index in [-0.39, 0.29) is 11.9 Å². The van der Waals surface area contributed by atoms with Gasteiger partial charge in [0.15, 0.2) is 0 Å². The van der Waals surface area contributed by atoms with Crippen molar-refractivity contribution in [3.05, 3.63) is 106 Å². The third-order valence-electron chi connectivity index (χ3n) is 5.56. The van der Waals surface area contributed by atoms with Gasteiger partial charge in [-0.3, -0.25) is 0 Å². The summed E-state index contributed by atoms with van der Waals surface area (Å²) in [7, 11) is 0. The molecule has 5 heteroatoms. The molecule has 0 bridgehead atoms. The van der Waals surface area contributed by atoms with Crippen molar-refractivity contribution in [3.63, 3.8) is 0 Å². The standard InChI is InChI=1S/C25H25BrFNO2/c26-22-10-6-20(7-11-22)17-29-24-16-28-15-14-25(24,21-8-12-23(27)13-9-21)30-18-19-4-2-1-3-5-19/h1-13,24,28H,14-18H2. The quantitative estimate of drug-likeness (QED) is 0.489. The first-order valence-corrected chi connectivity index (χ1v) is 11.0. The molecule has 156 valence electrons. The molecule has 2 atom stereocenters. The molecule has 2 unspecified atom stereocenters. The summed E-state index contributed by atoms with van der Waals surface area (Å²) in [6.07, 6.45) is 0.542. The van der Waals surface area contributed by atoms with E-state index in [4.69, 9.17) is 9.47 Å². The lowest BCUT2D eigenvalue weighted by molar-refractivity contribution is -0.176. The van der Waals surface area contributed by atoms with Crippen LogP contribution in [0.1, 0.15) is 23.1 Å². The van der Waals surface area contributed by atoms with Crippen molar-refractivity contribution in [2.75, 3.05) is 13.1 Å². The van der Waals surface area contributed by atoms with Crippen molar-refractivity contribution in [1.29, 1.82) is 0 Å². The molecule has 1 N–H and O–H groups in total. The molecule has 1 aliphatic rings. The predicted molar refractivity (Wildman–Crippen MR) is 120 cm³/mol. The van der Waals surface area contributed by atoms with Gasteiger partial charge < -0.3 is 14.8 Å². The van der Waals surface area contributed by atoms with Gasteiger partial charge in [0.2, 0.25) is 0 Å². The van der Waals surface area contributed by atoms with Crippen LogP contribution in [0.5, 0.6) is 0 Å². The number of rotatable bonds is 7. The molecule has 0 aromatic heterocycles. The van der Waals surface area contributed by atoms with E-state index < -0.39 is 5.60 Å². The van der Waals surface area contributed by atoms with Crippen LogP contribution in [0, 0.1) is 5.82 Å². The molecule has 3 aromatic rings. The number of hydrogen-bond acceptors (Lipinski definition) is 3. The van der Waals surface area contributed by atoms with Gasteiger partial charge in [-0.1, -0.05) is 70.5 Å². The molecule has 3 nitrogen and oxygen atoms in total. The van der Waals surface area contributed by atoms with Gasteiger partial charge in [0.1, 0.15) is 17.5 Å². The second kappa shape index (κ2) is 9.84. The Morgan fingerprint density at radius 2 is 1.60 bits per heavy atom. The van der Waals surface area contributed by atoms with Gasteiger partial charge in [0.05, 0.1) is 13.2 Å². The topological polar surface area (TPSA) is 30.5 Å². The lowest BCUT2D eigenvalue weighted by atomic mass is 9.82. The summed E-state index contributed by atoms with van der Waals surface area (Å²) in [5, 5.41) is 3.43. The highest BCUT2D eigenvalue weighted by molar-refractivity contribution is 9.10. The largest absolute Gasteiger partial charge is 0.369 e. The number of hydrogen-bond donors (Lipinski definition) is 1. The fourth-order valence-corrected chi connectivity index (χ4v) is 4.17. The highest BCUT2D eigenvalue weighted by Crippen LogP contribution is 2.38. The van der Waals surface area contributed by atoms with Gasteiger partial charge in [-0.05, 0) is 53.9 Å². The van der Waals surface area contributed by atoms with E-state index in [1.807, 2.05) is 54.6 Å². The van der Waals surface area contributed by atoms with Crippen LogP contribution in [0.4, 0.5) is 4.39 Å². The number of halogens is 2. The summed E-state index contributed by atoms with van der Waals surface area (Å²) in [6.45, 7) is 2.43. The van der Waals surface area contributed by atoms with Gasteiger partial charge in [0.25, 0.3) is 0 Å². The first kappa shape index (κ1) is 21.2. The molecule has 1 heterocycles. The Balaban J connectivity index is 1.60. The van der Waals surface area contributed by atoms with Crippen molar-refractivity contribution in [1.82, 2.24) is 5.32 Å². The Bertz CT molecular complexity index is 934. The molecule has 4 rings (SSSR count). The monoisotopic (exact) mass is 469 g/mol. The Hall–Kier alpha value is -2.05. The van der Waals surface area contributed by atoms with Crippen LogP contribution in [-0.4, -0.2) is 19.2 Å². The maximum Gasteiger partial charge on any atom is 0.123 e. The molecule has 30 heavy (non-hydrogen) atoms. The van der Waals surface area contributed by atoms with E-state index in [0.717, 1.165) is 34.1 Å². The van der Waals surface area contributed by atoms with E-state index in [2.05, 4.69) is 33.4 Å². The van der Waals surface area contributed by atoms with E-state index in [0.29, 0.717) is 19.8 Å². The summed E-state index contributed by atoms with van der Waals surface area (Å²) in [6, 6.07) is 24.9. The van der Waals surface area contributed by atoms with Crippen LogP contribution >= 0.6 is 15.9 Å². The molecular weight excluding hydrogens is 445 g/mol. The molecule has 0 saturated carbocycles. The van der Waals surface area contributed by atoms with Crippen LogP contribution in [0.3, 0.4) is 0 Å². The zero-order valence-corrected chi connectivity index (χ0v) is 18.3. The third-order valence-corrected chi connectivity index (χ3v) is 6.09. The molecular formula is C25H25BrFNO2. The van der Waals surface area contributed by atoms with Crippen LogP contribution in [0.25, 0.3) is 0 Å². The molecule has 1 saturated heterocycles. The van der Waals surface area contributed by atoms with E-state index in [1.54, 1.807) is 0 Å². The molecule has 0 radical (unpaired) electrons. The first-order chi connectivity index (χ1) is 14.7. The highest BCUT2D eigenvalue weighted by atomic mass is 79.9. The molecule has 0 amide bonds. The Labute approximate surface area is 185 Å². The van der Waals surface area contributed by atoms with Gasteiger partial charge in [-0.15, -0.1) is 0 Å². The smallest absolute Gasteiger partial charge is 0.123 e. The van der Waals surface area contributed by atoms with Crippen LogP contribution in [0.15, 0.2) is 83.3 Å². The minimum atomic E-state index is -0.649. The maximum atomic E-state index is 13.6. The van der Waals surface area contributed by atoms with Crippen molar-refractivity contribution < 1.29 is 13.9 Å². The van der Waals surface area contributed by atoms with Crippen molar-refractivity contribution in [2.45, 2.75) is 31.3 Å². The minimum absolute atomic E-state index is 0.205. The van der Waals surface area contributed by atoms with E-state index in [1.165, 1.54) is 12.1 Å². The summed E-state index contributed by atoms with van der Waals surface area (Å²) < 4.78 is 27.7. The van der Waals surface area contributed by atoms with E-state index in [9.17, 15) is 4.39 Å².